The number of carbonyl (C=O) groups excluding carboxylic acids is 2. The summed E-state index contributed by atoms with van der Waals surface area (Å²) in [5.41, 5.74) is 0.706. The highest BCUT2D eigenvalue weighted by Gasteiger charge is 2.12. The Morgan fingerprint density at radius 2 is 1.61 bits per heavy atom. The molecule has 0 radical (unpaired) electrons. The fourth-order valence-corrected chi connectivity index (χ4v) is 1.94. The Hall–Kier alpha value is -2.92. The molecule has 1 unspecified atom stereocenters. The van der Waals surface area contributed by atoms with Crippen LogP contribution in [0.25, 0.3) is 10.8 Å². The van der Waals surface area contributed by atoms with E-state index < -0.39 is 18.2 Å². The van der Waals surface area contributed by atoms with Gasteiger partial charge in [0, 0.05) is 0 Å². The Balaban J connectivity index is 2.25. The fraction of sp³-hybridized carbons (Fsp3) is 0.111. The van der Waals surface area contributed by atoms with Gasteiger partial charge in [0.2, 0.25) is 6.29 Å². The van der Waals surface area contributed by atoms with Gasteiger partial charge in [0.25, 0.3) is 0 Å². The SMILES string of the molecule is C=CCOC(=O)c1ccc2cc(C(=O)OC(O)C=C)ccc2c1. The smallest absolute Gasteiger partial charge is 0.340 e. The van der Waals surface area contributed by atoms with E-state index in [2.05, 4.69) is 13.2 Å². The van der Waals surface area contributed by atoms with Crippen LogP contribution in [0.15, 0.2) is 61.7 Å². The molecule has 0 spiro atoms. The number of carbonyl (C=O) groups is 2. The number of aliphatic hydroxyl groups is 1. The lowest BCUT2D eigenvalue weighted by Gasteiger charge is -2.09. The van der Waals surface area contributed by atoms with Gasteiger partial charge in [-0.3, -0.25) is 0 Å². The molecule has 5 heteroatoms. The van der Waals surface area contributed by atoms with Crippen LogP contribution in [0.2, 0.25) is 0 Å². The van der Waals surface area contributed by atoms with Crippen molar-refractivity contribution >= 4 is 22.7 Å². The molecule has 0 fully saturated rings. The highest BCUT2D eigenvalue weighted by Crippen LogP contribution is 2.19. The van der Waals surface area contributed by atoms with E-state index in [0.29, 0.717) is 11.1 Å². The van der Waals surface area contributed by atoms with Crippen molar-refractivity contribution in [1.29, 1.82) is 0 Å². The molecule has 0 saturated carbocycles. The van der Waals surface area contributed by atoms with Crippen LogP contribution in [0, 0.1) is 0 Å². The molecule has 2 aromatic rings. The molecule has 0 amide bonds. The van der Waals surface area contributed by atoms with Gasteiger partial charge in [-0.15, -0.1) is 0 Å². The van der Waals surface area contributed by atoms with Gasteiger partial charge < -0.3 is 14.6 Å². The van der Waals surface area contributed by atoms with Gasteiger partial charge in [-0.2, -0.15) is 0 Å². The predicted molar refractivity (Wildman–Crippen MR) is 86.0 cm³/mol. The molecule has 23 heavy (non-hydrogen) atoms. The van der Waals surface area contributed by atoms with Gasteiger partial charge in [-0.05, 0) is 41.1 Å². The van der Waals surface area contributed by atoms with Crippen molar-refractivity contribution in [3.8, 4) is 0 Å². The first kappa shape index (κ1) is 16.5. The van der Waals surface area contributed by atoms with E-state index in [4.69, 9.17) is 9.47 Å². The molecule has 1 N–H and O–H groups in total. The maximum absolute atomic E-state index is 11.8. The van der Waals surface area contributed by atoms with Gasteiger partial charge in [0.05, 0.1) is 11.1 Å². The number of hydrogen-bond acceptors (Lipinski definition) is 5. The number of esters is 2. The molecule has 2 aromatic carbocycles. The number of aliphatic hydroxyl groups excluding tert-OH is 1. The van der Waals surface area contributed by atoms with Crippen molar-refractivity contribution in [3.05, 3.63) is 72.8 Å². The van der Waals surface area contributed by atoms with E-state index in [9.17, 15) is 14.7 Å². The average Bonchev–Trinajstić information content (AvgIpc) is 2.58. The first-order chi connectivity index (χ1) is 11.0. The molecule has 0 aliphatic rings. The third kappa shape index (κ3) is 4.05. The van der Waals surface area contributed by atoms with Crippen LogP contribution in [0.1, 0.15) is 20.7 Å². The number of rotatable bonds is 6. The van der Waals surface area contributed by atoms with Crippen LogP contribution < -0.4 is 0 Å². The summed E-state index contributed by atoms with van der Waals surface area (Å²) in [6, 6.07) is 9.86. The van der Waals surface area contributed by atoms with Crippen LogP contribution in [-0.2, 0) is 9.47 Å². The predicted octanol–water partition coefficient (Wildman–Crippen LogP) is 2.84. The minimum Gasteiger partial charge on any atom is -0.458 e. The summed E-state index contributed by atoms with van der Waals surface area (Å²) in [6.07, 6.45) is 1.26. The zero-order valence-corrected chi connectivity index (χ0v) is 12.4. The van der Waals surface area contributed by atoms with Crippen LogP contribution in [-0.4, -0.2) is 29.9 Å². The van der Waals surface area contributed by atoms with E-state index in [1.807, 2.05) is 0 Å². The van der Waals surface area contributed by atoms with Crippen molar-refractivity contribution in [2.45, 2.75) is 6.29 Å². The van der Waals surface area contributed by atoms with Crippen molar-refractivity contribution in [2.24, 2.45) is 0 Å². The van der Waals surface area contributed by atoms with Gasteiger partial charge in [-0.1, -0.05) is 31.4 Å². The van der Waals surface area contributed by atoms with Crippen LogP contribution in [0.5, 0.6) is 0 Å². The normalized spacial score (nSPS) is 11.5. The molecule has 0 saturated heterocycles. The second-order valence-corrected chi connectivity index (χ2v) is 4.70. The van der Waals surface area contributed by atoms with E-state index in [1.165, 1.54) is 6.08 Å². The molecule has 0 aromatic heterocycles. The first-order valence-corrected chi connectivity index (χ1v) is 6.88. The molecule has 1 atom stereocenters. The van der Waals surface area contributed by atoms with Crippen molar-refractivity contribution < 1.29 is 24.2 Å². The summed E-state index contributed by atoms with van der Waals surface area (Å²) in [5, 5.41) is 10.8. The monoisotopic (exact) mass is 312 g/mol. The minimum absolute atomic E-state index is 0.146. The topological polar surface area (TPSA) is 72.8 Å². The number of benzene rings is 2. The lowest BCUT2D eigenvalue weighted by Crippen LogP contribution is -2.14. The highest BCUT2D eigenvalue weighted by atomic mass is 16.6. The second kappa shape index (κ2) is 7.38. The lowest BCUT2D eigenvalue weighted by molar-refractivity contribution is -0.0350. The fourth-order valence-electron chi connectivity index (χ4n) is 1.94. The van der Waals surface area contributed by atoms with Gasteiger partial charge in [-0.25, -0.2) is 9.59 Å². The lowest BCUT2D eigenvalue weighted by atomic mass is 10.0. The maximum Gasteiger partial charge on any atom is 0.340 e. The van der Waals surface area contributed by atoms with Crippen LogP contribution in [0.3, 0.4) is 0 Å². The highest BCUT2D eigenvalue weighted by molar-refractivity contribution is 5.99. The van der Waals surface area contributed by atoms with E-state index >= 15 is 0 Å². The Morgan fingerprint density at radius 1 is 1.04 bits per heavy atom. The number of ether oxygens (including phenoxy) is 2. The molecular formula is C18H16O5. The Morgan fingerprint density at radius 3 is 2.13 bits per heavy atom. The standard InChI is InChI=1S/C18H16O5/c1-3-9-22-17(20)14-7-5-13-11-15(8-6-12(13)10-14)18(21)23-16(19)4-2/h3-8,10-11,16,19H,1-2,9H2. The summed E-state index contributed by atoms with van der Waals surface area (Å²) in [7, 11) is 0. The molecule has 0 aliphatic carbocycles. The zero-order chi connectivity index (χ0) is 16.8. The summed E-state index contributed by atoms with van der Waals surface area (Å²) >= 11 is 0. The first-order valence-electron chi connectivity index (χ1n) is 6.88. The summed E-state index contributed by atoms with van der Waals surface area (Å²) in [4.78, 5) is 23.6. The molecule has 0 heterocycles. The molecule has 118 valence electrons. The zero-order valence-electron chi connectivity index (χ0n) is 12.4. The van der Waals surface area contributed by atoms with Crippen LogP contribution >= 0.6 is 0 Å². The Bertz CT molecular complexity index is 763. The van der Waals surface area contributed by atoms with Gasteiger partial charge >= 0.3 is 11.9 Å². The third-order valence-electron chi connectivity index (χ3n) is 3.07. The van der Waals surface area contributed by atoms with Crippen molar-refractivity contribution in [1.82, 2.24) is 0 Å². The van der Waals surface area contributed by atoms with Gasteiger partial charge in [0.1, 0.15) is 6.61 Å². The van der Waals surface area contributed by atoms with Crippen molar-refractivity contribution in [2.75, 3.05) is 6.61 Å². The van der Waals surface area contributed by atoms with E-state index in [1.54, 1.807) is 36.4 Å². The second-order valence-electron chi connectivity index (χ2n) is 4.70. The Kier molecular flexibility index (Phi) is 5.28. The molecule has 2 rings (SSSR count). The average molecular weight is 312 g/mol. The maximum atomic E-state index is 11.8. The molecule has 5 nitrogen and oxygen atoms in total. The largest absolute Gasteiger partial charge is 0.458 e. The minimum atomic E-state index is -1.35. The summed E-state index contributed by atoms with van der Waals surface area (Å²) < 4.78 is 9.73. The summed E-state index contributed by atoms with van der Waals surface area (Å²) in [5.74, 6) is -1.10. The van der Waals surface area contributed by atoms with Gasteiger partial charge in [0.15, 0.2) is 0 Å². The van der Waals surface area contributed by atoms with Crippen molar-refractivity contribution in [3.63, 3.8) is 0 Å². The third-order valence-corrected chi connectivity index (χ3v) is 3.07. The number of hydrogen-bond donors (Lipinski definition) is 1. The molecule has 0 aliphatic heterocycles. The molecule has 0 bridgehead atoms. The number of fused-ring (bicyclic) bond motifs is 1. The summed E-state index contributed by atoms with van der Waals surface area (Å²) in [6.45, 7) is 6.96. The van der Waals surface area contributed by atoms with E-state index in [-0.39, 0.29) is 6.61 Å². The Labute approximate surface area is 133 Å². The quantitative estimate of drug-likeness (QED) is 0.504. The van der Waals surface area contributed by atoms with Crippen LogP contribution in [0.4, 0.5) is 0 Å². The van der Waals surface area contributed by atoms with E-state index in [0.717, 1.165) is 16.8 Å². The molecular weight excluding hydrogens is 296 g/mol.